The molecule has 2 rings (SSSR count). The summed E-state index contributed by atoms with van der Waals surface area (Å²) in [4.78, 5) is 4.37. The number of rotatable bonds is 1. The van der Waals surface area contributed by atoms with Crippen LogP contribution in [0.3, 0.4) is 0 Å². The van der Waals surface area contributed by atoms with Gasteiger partial charge < -0.3 is 0 Å². The molecule has 0 bridgehead atoms. The molecule has 1 atom stereocenters. The number of aliphatic imine (C=N–C) groups is 1. The summed E-state index contributed by atoms with van der Waals surface area (Å²) in [6, 6.07) is 6.32. The van der Waals surface area contributed by atoms with Crippen LogP contribution in [0.5, 0.6) is 0 Å². The van der Waals surface area contributed by atoms with Gasteiger partial charge in [-0.2, -0.15) is 0 Å². The number of amidine groups is 1. The highest BCUT2D eigenvalue weighted by Crippen LogP contribution is 2.22. The number of terminal acetylenes is 1. The van der Waals surface area contributed by atoms with Gasteiger partial charge in [-0.3, -0.25) is 9.71 Å². The van der Waals surface area contributed by atoms with Crippen molar-refractivity contribution < 1.29 is 8.42 Å². The fourth-order valence-corrected chi connectivity index (χ4v) is 2.70. The molecular formula is C11H10N2O2S. The zero-order chi connectivity index (χ0) is 11.8. The quantitative estimate of drug-likeness (QED) is 0.729. The van der Waals surface area contributed by atoms with Crippen molar-refractivity contribution in [1.82, 2.24) is 4.72 Å². The molecule has 1 unspecified atom stereocenters. The van der Waals surface area contributed by atoms with E-state index in [0.717, 1.165) is 0 Å². The van der Waals surface area contributed by atoms with Crippen LogP contribution in [0.1, 0.15) is 12.5 Å². The first-order chi connectivity index (χ1) is 7.54. The zero-order valence-corrected chi connectivity index (χ0v) is 9.45. The molecule has 1 aromatic carbocycles. The number of nitrogens with zero attached hydrogens (tertiary/aromatic N) is 1. The van der Waals surface area contributed by atoms with Crippen LogP contribution >= 0.6 is 0 Å². The van der Waals surface area contributed by atoms with Crippen LogP contribution in [-0.2, 0) is 10.0 Å². The summed E-state index contributed by atoms with van der Waals surface area (Å²) in [5.41, 5.74) is 0.574. The van der Waals surface area contributed by atoms with E-state index < -0.39 is 10.0 Å². The molecule has 0 fully saturated rings. The predicted molar refractivity (Wildman–Crippen MR) is 61.6 cm³/mol. The second kappa shape index (κ2) is 3.65. The second-order valence-electron chi connectivity index (χ2n) is 3.42. The van der Waals surface area contributed by atoms with Gasteiger partial charge in [-0.05, 0) is 19.1 Å². The van der Waals surface area contributed by atoms with Crippen molar-refractivity contribution in [3.63, 3.8) is 0 Å². The third kappa shape index (κ3) is 1.68. The van der Waals surface area contributed by atoms with E-state index in [1.165, 1.54) is 0 Å². The lowest BCUT2D eigenvalue weighted by atomic mass is 10.2. The third-order valence-electron chi connectivity index (χ3n) is 2.23. The van der Waals surface area contributed by atoms with Gasteiger partial charge in [-0.1, -0.05) is 18.1 Å². The molecule has 16 heavy (non-hydrogen) atoms. The Morgan fingerprint density at radius 3 is 2.81 bits per heavy atom. The van der Waals surface area contributed by atoms with Gasteiger partial charge in [0.2, 0.25) is 0 Å². The van der Waals surface area contributed by atoms with E-state index >= 15 is 0 Å². The maximum atomic E-state index is 11.7. The zero-order valence-electron chi connectivity index (χ0n) is 8.64. The van der Waals surface area contributed by atoms with Gasteiger partial charge in [0.15, 0.2) is 0 Å². The van der Waals surface area contributed by atoms with Gasteiger partial charge in [0.25, 0.3) is 10.0 Å². The molecule has 0 amide bonds. The minimum atomic E-state index is -3.46. The summed E-state index contributed by atoms with van der Waals surface area (Å²) in [6.07, 6.45) is 5.20. The first-order valence-electron chi connectivity index (χ1n) is 4.71. The Balaban J connectivity index is 2.58. The summed E-state index contributed by atoms with van der Waals surface area (Å²) in [6.45, 7) is 1.72. The van der Waals surface area contributed by atoms with E-state index in [1.54, 1.807) is 31.2 Å². The Bertz CT molecular complexity index is 597. The molecule has 0 aliphatic carbocycles. The summed E-state index contributed by atoms with van der Waals surface area (Å²) in [5, 5.41) is 0. The third-order valence-corrected chi connectivity index (χ3v) is 3.62. The van der Waals surface area contributed by atoms with Crippen LogP contribution in [0.4, 0.5) is 0 Å². The lowest BCUT2D eigenvalue weighted by Crippen LogP contribution is -2.23. The molecule has 0 spiro atoms. The summed E-state index contributed by atoms with van der Waals surface area (Å²) < 4.78 is 25.8. The second-order valence-corrected chi connectivity index (χ2v) is 5.07. The van der Waals surface area contributed by atoms with Crippen LogP contribution in [0.2, 0.25) is 0 Å². The van der Waals surface area contributed by atoms with Gasteiger partial charge in [0.1, 0.15) is 11.9 Å². The summed E-state index contributed by atoms with van der Waals surface area (Å²) in [5.74, 6) is 2.75. The largest absolute Gasteiger partial charge is 0.263 e. The Morgan fingerprint density at radius 2 is 2.12 bits per heavy atom. The van der Waals surface area contributed by atoms with Crippen LogP contribution in [-0.4, -0.2) is 20.3 Å². The van der Waals surface area contributed by atoms with Gasteiger partial charge in [0.05, 0.1) is 4.90 Å². The Labute approximate surface area is 94.5 Å². The van der Waals surface area contributed by atoms with Crippen LogP contribution in [0, 0.1) is 12.3 Å². The predicted octanol–water partition coefficient (Wildman–Crippen LogP) is 0.747. The first-order valence-corrected chi connectivity index (χ1v) is 6.19. The smallest absolute Gasteiger partial charge is 0.263 e. The molecule has 1 N–H and O–H groups in total. The fourth-order valence-electron chi connectivity index (χ4n) is 1.46. The van der Waals surface area contributed by atoms with Crippen molar-refractivity contribution in [3.05, 3.63) is 29.8 Å². The molecular weight excluding hydrogens is 224 g/mol. The minimum absolute atomic E-state index is 0.248. The molecule has 82 valence electrons. The van der Waals surface area contributed by atoms with Crippen LogP contribution < -0.4 is 4.72 Å². The molecule has 0 radical (unpaired) electrons. The Kier molecular flexibility index (Phi) is 2.44. The number of fused-ring (bicyclic) bond motifs is 1. The molecule has 1 heterocycles. The highest BCUT2D eigenvalue weighted by atomic mass is 32.2. The molecule has 1 aliphatic rings. The van der Waals surface area contributed by atoms with E-state index in [-0.39, 0.29) is 10.9 Å². The maximum absolute atomic E-state index is 11.7. The van der Waals surface area contributed by atoms with Crippen molar-refractivity contribution in [3.8, 4) is 12.3 Å². The number of nitrogens with one attached hydrogen (secondary N) is 1. The topological polar surface area (TPSA) is 58.5 Å². The highest BCUT2D eigenvalue weighted by molar-refractivity contribution is 7.90. The standard InChI is InChI=1S/C11H10N2O2S/c1-3-8(2)12-11-9-6-4-5-7-10(9)16(14,15)13-11/h1,4-8H,2H3,(H,12,13). The Hall–Kier alpha value is -1.80. The number of hydrogen-bond donors (Lipinski definition) is 1. The van der Waals surface area contributed by atoms with Gasteiger partial charge in [-0.25, -0.2) is 8.42 Å². The van der Waals surface area contributed by atoms with E-state index in [0.29, 0.717) is 11.4 Å². The van der Waals surface area contributed by atoms with Crippen molar-refractivity contribution in [1.29, 1.82) is 0 Å². The molecule has 5 heteroatoms. The van der Waals surface area contributed by atoms with Gasteiger partial charge in [0, 0.05) is 5.56 Å². The highest BCUT2D eigenvalue weighted by Gasteiger charge is 2.30. The van der Waals surface area contributed by atoms with Crippen molar-refractivity contribution >= 4 is 15.9 Å². The number of benzene rings is 1. The van der Waals surface area contributed by atoms with Crippen molar-refractivity contribution in [2.45, 2.75) is 17.9 Å². The normalized spacial score (nSPS) is 20.9. The summed E-state index contributed by atoms with van der Waals surface area (Å²) in [7, 11) is -3.46. The van der Waals surface area contributed by atoms with E-state index in [2.05, 4.69) is 15.6 Å². The summed E-state index contributed by atoms with van der Waals surface area (Å²) >= 11 is 0. The van der Waals surface area contributed by atoms with E-state index in [1.807, 2.05) is 0 Å². The monoisotopic (exact) mass is 234 g/mol. The van der Waals surface area contributed by atoms with Crippen molar-refractivity contribution in [2.75, 3.05) is 0 Å². The maximum Gasteiger partial charge on any atom is 0.263 e. The average Bonchev–Trinajstić information content (AvgIpc) is 2.51. The lowest BCUT2D eigenvalue weighted by molar-refractivity contribution is 0.595. The number of sulfonamides is 1. The molecule has 0 aromatic heterocycles. The van der Waals surface area contributed by atoms with E-state index in [4.69, 9.17) is 6.42 Å². The number of hydrogen-bond acceptors (Lipinski definition) is 3. The van der Waals surface area contributed by atoms with Gasteiger partial charge in [-0.15, -0.1) is 6.42 Å². The average molecular weight is 234 g/mol. The molecule has 1 aliphatic heterocycles. The molecule has 0 saturated heterocycles. The van der Waals surface area contributed by atoms with Crippen LogP contribution in [0.25, 0.3) is 0 Å². The van der Waals surface area contributed by atoms with Crippen LogP contribution in [0.15, 0.2) is 34.2 Å². The molecule has 0 saturated carbocycles. The van der Waals surface area contributed by atoms with Crippen molar-refractivity contribution in [2.24, 2.45) is 4.99 Å². The SMILES string of the molecule is C#CC(C)N=C1NS(=O)(=O)c2ccccc21. The first kappa shape index (κ1) is 10.7. The molecule has 4 nitrogen and oxygen atoms in total. The fraction of sp³-hybridized carbons (Fsp3) is 0.182. The van der Waals surface area contributed by atoms with Gasteiger partial charge >= 0.3 is 0 Å². The Morgan fingerprint density at radius 1 is 1.44 bits per heavy atom. The van der Waals surface area contributed by atoms with E-state index in [9.17, 15) is 8.42 Å². The lowest BCUT2D eigenvalue weighted by Gasteiger charge is -2.00. The molecule has 1 aromatic rings. The minimum Gasteiger partial charge on any atom is -0.263 e.